The monoisotopic (exact) mass is 295 g/mol. The minimum absolute atomic E-state index is 0.160. The first-order valence-corrected chi connectivity index (χ1v) is 9.26. The lowest BCUT2D eigenvalue weighted by molar-refractivity contribution is 0.391. The second kappa shape index (κ2) is 6.27. The largest absolute Gasteiger partial charge is 0.310 e. The SMILES string of the molecule is CCCNC(c1ccc(C)cc1C)C1CCS(=O)(=O)C1. The maximum Gasteiger partial charge on any atom is 0.150 e. The highest BCUT2D eigenvalue weighted by Gasteiger charge is 2.34. The zero-order valence-corrected chi connectivity index (χ0v) is 13.5. The van der Waals surface area contributed by atoms with Crippen LogP contribution in [-0.4, -0.2) is 26.5 Å². The number of aryl methyl sites for hydroxylation is 2. The van der Waals surface area contributed by atoms with Crippen LogP contribution in [0.4, 0.5) is 0 Å². The first-order chi connectivity index (χ1) is 9.43. The Kier molecular flexibility index (Phi) is 4.86. The molecule has 1 aliphatic heterocycles. The van der Waals surface area contributed by atoms with Crippen molar-refractivity contribution in [1.29, 1.82) is 0 Å². The predicted molar refractivity (Wildman–Crippen MR) is 83.7 cm³/mol. The zero-order valence-electron chi connectivity index (χ0n) is 12.6. The van der Waals surface area contributed by atoms with Crippen LogP contribution in [0.25, 0.3) is 0 Å². The van der Waals surface area contributed by atoms with Crippen molar-refractivity contribution in [3.8, 4) is 0 Å². The molecule has 0 aliphatic carbocycles. The molecule has 2 unspecified atom stereocenters. The van der Waals surface area contributed by atoms with Crippen molar-refractivity contribution in [1.82, 2.24) is 5.32 Å². The topological polar surface area (TPSA) is 46.2 Å². The Hall–Kier alpha value is -0.870. The van der Waals surface area contributed by atoms with Gasteiger partial charge < -0.3 is 5.32 Å². The van der Waals surface area contributed by atoms with Crippen molar-refractivity contribution in [3.63, 3.8) is 0 Å². The molecular weight excluding hydrogens is 270 g/mol. The predicted octanol–water partition coefficient (Wildman–Crippen LogP) is 2.78. The normalized spacial score (nSPS) is 22.9. The first-order valence-electron chi connectivity index (χ1n) is 7.44. The van der Waals surface area contributed by atoms with Crippen molar-refractivity contribution in [2.24, 2.45) is 5.92 Å². The van der Waals surface area contributed by atoms with Gasteiger partial charge in [0, 0.05) is 6.04 Å². The Balaban J connectivity index is 2.27. The van der Waals surface area contributed by atoms with Crippen LogP contribution >= 0.6 is 0 Å². The summed E-state index contributed by atoms with van der Waals surface area (Å²) < 4.78 is 23.5. The molecule has 0 radical (unpaired) electrons. The Morgan fingerprint density at radius 1 is 1.35 bits per heavy atom. The van der Waals surface area contributed by atoms with E-state index in [1.165, 1.54) is 16.7 Å². The number of nitrogens with one attached hydrogen (secondary N) is 1. The van der Waals surface area contributed by atoms with E-state index in [0.29, 0.717) is 11.5 Å². The molecule has 0 spiro atoms. The summed E-state index contributed by atoms with van der Waals surface area (Å²) in [5, 5.41) is 3.56. The van der Waals surface area contributed by atoms with E-state index in [0.717, 1.165) is 19.4 Å². The smallest absolute Gasteiger partial charge is 0.150 e. The van der Waals surface area contributed by atoms with Gasteiger partial charge in [-0.15, -0.1) is 0 Å². The van der Waals surface area contributed by atoms with Crippen LogP contribution in [0.3, 0.4) is 0 Å². The van der Waals surface area contributed by atoms with Gasteiger partial charge in [-0.05, 0) is 50.3 Å². The number of rotatable bonds is 5. The molecule has 1 fully saturated rings. The standard InChI is InChI=1S/C16H25NO2S/c1-4-8-17-16(14-7-9-20(18,19)11-14)15-6-5-12(2)10-13(15)3/h5-6,10,14,16-17H,4,7-9,11H2,1-3H3. The third kappa shape index (κ3) is 3.61. The minimum Gasteiger partial charge on any atom is -0.310 e. The summed E-state index contributed by atoms with van der Waals surface area (Å²) in [5.41, 5.74) is 3.76. The van der Waals surface area contributed by atoms with Crippen LogP contribution in [0.15, 0.2) is 18.2 Å². The fourth-order valence-electron chi connectivity index (χ4n) is 3.09. The molecule has 3 nitrogen and oxygen atoms in total. The van der Waals surface area contributed by atoms with Crippen LogP contribution in [0.1, 0.15) is 42.5 Å². The molecule has 1 saturated heterocycles. The van der Waals surface area contributed by atoms with E-state index in [-0.39, 0.29) is 12.0 Å². The van der Waals surface area contributed by atoms with Crippen LogP contribution in [-0.2, 0) is 9.84 Å². The molecule has 1 N–H and O–H groups in total. The number of benzene rings is 1. The van der Waals surface area contributed by atoms with Gasteiger partial charge in [0.05, 0.1) is 11.5 Å². The summed E-state index contributed by atoms with van der Waals surface area (Å²) in [6, 6.07) is 6.61. The van der Waals surface area contributed by atoms with Gasteiger partial charge in [0.15, 0.2) is 9.84 Å². The lowest BCUT2D eigenvalue weighted by Crippen LogP contribution is -2.30. The van der Waals surface area contributed by atoms with Gasteiger partial charge in [0.25, 0.3) is 0 Å². The quantitative estimate of drug-likeness (QED) is 0.908. The minimum atomic E-state index is -2.83. The Labute approximate surface area is 122 Å². The van der Waals surface area contributed by atoms with Gasteiger partial charge in [0.1, 0.15) is 0 Å². The molecule has 1 aromatic rings. The summed E-state index contributed by atoms with van der Waals surface area (Å²) in [6.07, 6.45) is 1.83. The lowest BCUT2D eigenvalue weighted by atomic mass is 9.89. The molecule has 4 heteroatoms. The maximum atomic E-state index is 11.8. The number of sulfone groups is 1. The van der Waals surface area contributed by atoms with E-state index < -0.39 is 9.84 Å². The highest BCUT2D eigenvalue weighted by molar-refractivity contribution is 7.91. The summed E-state index contributed by atoms with van der Waals surface area (Å²) in [6.45, 7) is 7.27. The molecule has 20 heavy (non-hydrogen) atoms. The van der Waals surface area contributed by atoms with E-state index in [1.807, 2.05) is 0 Å². The van der Waals surface area contributed by atoms with E-state index in [1.54, 1.807) is 0 Å². The Morgan fingerprint density at radius 2 is 2.10 bits per heavy atom. The van der Waals surface area contributed by atoms with E-state index in [9.17, 15) is 8.42 Å². The van der Waals surface area contributed by atoms with Gasteiger partial charge in [-0.3, -0.25) is 0 Å². The molecule has 0 bridgehead atoms. The molecule has 1 heterocycles. The van der Waals surface area contributed by atoms with Gasteiger partial charge in [0.2, 0.25) is 0 Å². The van der Waals surface area contributed by atoms with Crippen LogP contribution < -0.4 is 5.32 Å². The Morgan fingerprint density at radius 3 is 2.65 bits per heavy atom. The average Bonchev–Trinajstić information content (AvgIpc) is 2.72. The highest BCUT2D eigenvalue weighted by atomic mass is 32.2. The molecule has 2 rings (SSSR count). The number of hydrogen-bond donors (Lipinski definition) is 1. The van der Waals surface area contributed by atoms with E-state index in [2.05, 4.69) is 44.3 Å². The summed E-state index contributed by atoms with van der Waals surface area (Å²) >= 11 is 0. The van der Waals surface area contributed by atoms with E-state index in [4.69, 9.17) is 0 Å². The summed E-state index contributed by atoms with van der Waals surface area (Å²) in [4.78, 5) is 0. The summed E-state index contributed by atoms with van der Waals surface area (Å²) in [7, 11) is -2.83. The highest BCUT2D eigenvalue weighted by Crippen LogP contribution is 2.33. The van der Waals surface area contributed by atoms with Crippen molar-refractivity contribution < 1.29 is 8.42 Å². The van der Waals surface area contributed by atoms with Crippen molar-refractivity contribution in [3.05, 3.63) is 34.9 Å². The van der Waals surface area contributed by atoms with Crippen molar-refractivity contribution in [2.45, 2.75) is 39.7 Å². The Bertz CT molecular complexity index is 566. The second-order valence-corrected chi connectivity index (χ2v) is 8.18. The fraction of sp³-hybridized carbons (Fsp3) is 0.625. The second-order valence-electron chi connectivity index (χ2n) is 5.95. The summed E-state index contributed by atoms with van der Waals surface area (Å²) in [5.74, 6) is 0.863. The van der Waals surface area contributed by atoms with Gasteiger partial charge in [-0.1, -0.05) is 30.7 Å². The van der Waals surface area contributed by atoms with Gasteiger partial charge in [-0.25, -0.2) is 8.42 Å². The molecule has 0 aromatic heterocycles. The van der Waals surface area contributed by atoms with Crippen LogP contribution in [0.2, 0.25) is 0 Å². The third-order valence-corrected chi connectivity index (χ3v) is 5.91. The third-order valence-electron chi connectivity index (χ3n) is 4.11. The zero-order chi connectivity index (χ0) is 14.8. The van der Waals surface area contributed by atoms with Crippen LogP contribution in [0.5, 0.6) is 0 Å². The molecule has 1 aromatic carbocycles. The first kappa shape index (κ1) is 15.5. The van der Waals surface area contributed by atoms with Gasteiger partial charge >= 0.3 is 0 Å². The molecule has 0 amide bonds. The molecule has 112 valence electrons. The maximum absolute atomic E-state index is 11.8. The molecule has 0 saturated carbocycles. The lowest BCUT2D eigenvalue weighted by Gasteiger charge is -2.26. The molecule has 2 atom stereocenters. The van der Waals surface area contributed by atoms with Crippen LogP contribution in [0, 0.1) is 19.8 Å². The van der Waals surface area contributed by atoms with Crippen molar-refractivity contribution in [2.75, 3.05) is 18.1 Å². The molecule has 1 aliphatic rings. The fourth-order valence-corrected chi connectivity index (χ4v) is 4.93. The van der Waals surface area contributed by atoms with Gasteiger partial charge in [-0.2, -0.15) is 0 Å². The molecular formula is C16H25NO2S. The number of hydrogen-bond acceptors (Lipinski definition) is 3. The van der Waals surface area contributed by atoms with Crippen molar-refractivity contribution >= 4 is 9.84 Å². The average molecular weight is 295 g/mol. The van der Waals surface area contributed by atoms with E-state index >= 15 is 0 Å².